The standard InChI is InChI=1S/C13H12N4O2S/c18-11(8-3-1-5-14-7-8)17-13-16-9-4-2-6-15-12(19)10(9)20-13/h1,3,5,7H,2,4,6H2,(H,15,19)(H,16,17,18). The molecule has 0 unspecified atom stereocenters. The van der Waals surface area contributed by atoms with E-state index < -0.39 is 0 Å². The van der Waals surface area contributed by atoms with E-state index in [0.717, 1.165) is 18.5 Å². The lowest BCUT2D eigenvalue weighted by Crippen LogP contribution is -2.21. The van der Waals surface area contributed by atoms with Crippen molar-refractivity contribution in [1.82, 2.24) is 15.3 Å². The highest BCUT2D eigenvalue weighted by atomic mass is 32.1. The lowest BCUT2D eigenvalue weighted by Gasteiger charge is -2.00. The predicted octanol–water partition coefficient (Wildman–Crippen LogP) is 1.47. The first-order chi connectivity index (χ1) is 9.74. The molecule has 0 atom stereocenters. The second kappa shape index (κ2) is 5.38. The van der Waals surface area contributed by atoms with Crippen LogP contribution >= 0.6 is 11.3 Å². The number of hydrogen-bond acceptors (Lipinski definition) is 5. The van der Waals surface area contributed by atoms with Gasteiger partial charge in [-0.1, -0.05) is 11.3 Å². The van der Waals surface area contributed by atoms with E-state index in [-0.39, 0.29) is 11.8 Å². The van der Waals surface area contributed by atoms with Crippen LogP contribution in [0.15, 0.2) is 24.5 Å². The van der Waals surface area contributed by atoms with Gasteiger partial charge in [0.25, 0.3) is 11.8 Å². The van der Waals surface area contributed by atoms with E-state index >= 15 is 0 Å². The highest BCUT2D eigenvalue weighted by molar-refractivity contribution is 7.17. The summed E-state index contributed by atoms with van der Waals surface area (Å²) in [5, 5.41) is 5.96. The Morgan fingerprint density at radius 2 is 2.35 bits per heavy atom. The molecular formula is C13H12N4O2S. The third-order valence-corrected chi connectivity index (χ3v) is 3.94. The zero-order chi connectivity index (χ0) is 13.9. The van der Waals surface area contributed by atoms with Crippen molar-refractivity contribution in [1.29, 1.82) is 0 Å². The summed E-state index contributed by atoms with van der Waals surface area (Å²) in [6, 6.07) is 3.37. The van der Waals surface area contributed by atoms with Crippen molar-refractivity contribution in [3.63, 3.8) is 0 Å². The molecule has 6 nitrogen and oxygen atoms in total. The van der Waals surface area contributed by atoms with Crippen molar-refractivity contribution in [3.05, 3.63) is 40.7 Å². The third-order valence-electron chi connectivity index (χ3n) is 2.92. The molecule has 0 aromatic carbocycles. The minimum Gasteiger partial charge on any atom is -0.351 e. The number of carbonyl (C=O) groups excluding carboxylic acids is 2. The highest BCUT2D eigenvalue weighted by Crippen LogP contribution is 2.25. The van der Waals surface area contributed by atoms with Crippen LogP contribution in [0.25, 0.3) is 0 Å². The van der Waals surface area contributed by atoms with Gasteiger partial charge in [-0.15, -0.1) is 0 Å². The van der Waals surface area contributed by atoms with E-state index in [1.807, 2.05) is 0 Å². The van der Waals surface area contributed by atoms with Crippen molar-refractivity contribution < 1.29 is 9.59 Å². The van der Waals surface area contributed by atoms with Crippen molar-refractivity contribution in [3.8, 4) is 0 Å². The fourth-order valence-electron chi connectivity index (χ4n) is 1.96. The zero-order valence-corrected chi connectivity index (χ0v) is 11.4. The molecule has 2 amide bonds. The Kier molecular flexibility index (Phi) is 3.42. The van der Waals surface area contributed by atoms with E-state index in [1.165, 1.54) is 17.5 Å². The minimum absolute atomic E-state index is 0.114. The number of pyridine rings is 1. The molecule has 0 saturated carbocycles. The van der Waals surface area contributed by atoms with Crippen LogP contribution in [0.5, 0.6) is 0 Å². The number of aryl methyl sites for hydroxylation is 1. The number of anilines is 1. The van der Waals surface area contributed by atoms with Gasteiger partial charge < -0.3 is 5.32 Å². The number of aromatic nitrogens is 2. The van der Waals surface area contributed by atoms with Crippen LogP contribution in [0.1, 0.15) is 32.1 Å². The third kappa shape index (κ3) is 2.53. The summed E-state index contributed by atoms with van der Waals surface area (Å²) >= 11 is 1.20. The average molecular weight is 288 g/mol. The summed E-state index contributed by atoms with van der Waals surface area (Å²) in [6.07, 6.45) is 4.69. The first kappa shape index (κ1) is 12.7. The summed E-state index contributed by atoms with van der Waals surface area (Å²) < 4.78 is 0. The van der Waals surface area contributed by atoms with Gasteiger partial charge in [-0.2, -0.15) is 0 Å². The molecule has 1 aliphatic heterocycles. The van der Waals surface area contributed by atoms with Crippen LogP contribution in [0.2, 0.25) is 0 Å². The van der Waals surface area contributed by atoms with Gasteiger partial charge in [0.05, 0.1) is 11.3 Å². The van der Waals surface area contributed by atoms with Gasteiger partial charge in [0, 0.05) is 18.9 Å². The summed E-state index contributed by atoms with van der Waals surface area (Å²) in [5.41, 5.74) is 1.22. The number of fused-ring (bicyclic) bond motifs is 1. The van der Waals surface area contributed by atoms with Crippen LogP contribution in [0.4, 0.5) is 5.13 Å². The number of rotatable bonds is 2. The predicted molar refractivity (Wildman–Crippen MR) is 75.0 cm³/mol. The molecular weight excluding hydrogens is 276 g/mol. The number of hydrogen-bond donors (Lipinski definition) is 2. The number of nitrogens with zero attached hydrogens (tertiary/aromatic N) is 2. The van der Waals surface area contributed by atoms with Crippen LogP contribution in [0, 0.1) is 0 Å². The molecule has 0 radical (unpaired) electrons. The summed E-state index contributed by atoms with van der Waals surface area (Å²) in [6.45, 7) is 0.666. The van der Waals surface area contributed by atoms with Gasteiger partial charge in [-0.05, 0) is 25.0 Å². The Morgan fingerprint density at radius 3 is 3.15 bits per heavy atom. The lowest BCUT2D eigenvalue weighted by atomic mass is 10.2. The molecule has 1 aliphatic rings. The van der Waals surface area contributed by atoms with E-state index in [9.17, 15) is 9.59 Å². The van der Waals surface area contributed by atoms with E-state index in [2.05, 4.69) is 20.6 Å². The molecule has 0 fully saturated rings. The zero-order valence-electron chi connectivity index (χ0n) is 10.5. The topological polar surface area (TPSA) is 84.0 Å². The van der Waals surface area contributed by atoms with E-state index in [0.29, 0.717) is 22.1 Å². The minimum atomic E-state index is -0.276. The quantitative estimate of drug-likeness (QED) is 0.876. The monoisotopic (exact) mass is 288 g/mol. The number of nitrogens with one attached hydrogen (secondary N) is 2. The van der Waals surface area contributed by atoms with Crippen molar-refractivity contribution in [2.45, 2.75) is 12.8 Å². The van der Waals surface area contributed by atoms with Crippen molar-refractivity contribution in [2.24, 2.45) is 0 Å². The first-order valence-corrected chi connectivity index (χ1v) is 7.05. The Morgan fingerprint density at radius 1 is 1.45 bits per heavy atom. The maximum absolute atomic E-state index is 12.0. The molecule has 0 bridgehead atoms. The van der Waals surface area contributed by atoms with Gasteiger partial charge in [-0.25, -0.2) is 4.98 Å². The lowest BCUT2D eigenvalue weighted by molar-refractivity contribution is 0.0958. The fraction of sp³-hybridized carbons (Fsp3) is 0.231. The Hall–Kier alpha value is -2.28. The smallest absolute Gasteiger partial charge is 0.263 e. The summed E-state index contributed by atoms with van der Waals surface area (Å²) in [7, 11) is 0. The van der Waals surface area contributed by atoms with Gasteiger partial charge in [0.1, 0.15) is 4.88 Å². The molecule has 0 saturated heterocycles. The molecule has 3 rings (SSSR count). The Bertz CT molecular complexity index is 654. The summed E-state index contributed by atoms with van der Waals surface area (Å²) in [5.74, 6) is -0.390. The molecule has 2 aromatic rings. The number of thiazole rings is 1. The highest BCUT2D eigenvalue weighted by Gasteiger charge is 2.21. The van der Waals surface area contributed by atoms with E-state index in [4.69, 9.17) is 0 Å². The molecule has 20 heavy (non-hydrogen) atoms. The SMILES string of the molecule is O=C(Nc1nc2c(s1)C(=O)NCCC2)c1cccnc1. The van der Waals surface area contributed by atoms with Crippen LogP contribution in [0.3, 0.4) is 0 Å². The fourth-order valence-corrected chi connectivity index (χ4v) is 2.88. The molecule has 7 heteroatoms. The molecule has 102 valence electrons. The maximum atomic E-state index is 12.0. The van der Waals surface area contributed by atoms with Gasteiger partial charge in [0.15, 0.2) is 5.13 Å². The normalized spacial score (nSPS) is 14.1. The van der Waals surface area contributed by atoms with E-state index in [1.54, 1.807) is 18.3 Å². The van der Waals surface area contributed by atoms with Crippen LogP contribution in [-0.2, 0) is 6.42 Å². The molecule has 2 N–H and O–H groups in total. The first-order valence-electron chi connectivity index (χ1n) is 6.23. The van der Waals surface area contributed by atoms with Crippen molar-refractivity contribution >= 4 is 28.3 Å². The summed E-state index contributed by atoms with van der Waals surface area (Å²) in [4.78, 5) is 32.6. The molecule has 2 aromatic heterocycles. The second-order valence-corrected chi connectivity index (χ2v) is 5.35. The Balaban J connectivity index is 1.81. The van der Waals surface area contributed by atoms with Crippen LogP contribution in [-0.4, -0.2) is 28.3 Å². The molecule has 0 spiro atoms. The molecule has 0 aliphatic carbocycles. The number of amides is 2. The second-order valence-electron chi connectivity index (χ2n) is 4.35. The van der Waals surface area contributed by atoms with Crippen molar-refractivity contribution in [2.75, 3.05) is 11.9 Å². The average Bonchev–Trinajstić information content (AvgIpc) is 2.79. The van der Waals surface area contributed by atoms with Gasteiger partial charge in [0.2, 0.25) is 0 Å². The van der Waals surface area contributed by atoms with Gasteiger partial charge >= 0.3 is 0 Å². The largest absolute Gasteiger partial charge is 0.351 e. The Labute approximate surface area is 119 Å². The number of carbonyl (C=O) groups is 2. The van der Waals surface area contributed by atoms with Crippen LogP contribution < -0.4 is 10.6 Å². The van der Waals surface area contributed by atoms with Gasteiger partial charge in [-0.3, -0.25) is 19.9 Å². The maximum Gasteiger partial charge on any atom is 0.263 e. The molecule has 3 heterocycles.